The van der Waals surface area contributed by atoms with Gasteiger partial charge >= 0.3 is 6.09 Å². The Kier molecular flexibility index (Phi) is 4.12. The van der Waals surface area contributed by atoms with Crippen LogP contribution in [0, 0.1) is 0 Å². The van der Waals surface area contributed by atoms with Gasteiger partial charge in [0, 0.05) is 6.61 Å². The molecule has 1 unspecified atom stereocenters. The smallest absolute Gasteiger partial charge is 0.409 e. The van der Waals surface area contributed by atoms with E-state index < -0.39 is 17.4 Å². The van der Waals surface area contributed by atoms with Crippen molar-refractivity contribution >= 4 is 6.09 Å². The SMILES string of the molecule is CC(C)(C)OC(=O)NC1(NN)CCCOC1. The molecular weight excluding hydrogens is 210 g/mol. The van der Waals surface area contributed by atoms with Gasteiger partial charge in [-0.1, -0.05) is 0 Å². The van der Waals surface area contributed by atoms with E-state index in [0.717, 1.165) is 12.8 Å². The third-order valence-electron chi connectivity index (χ3n) is 2.26. The summed E-state index contributed by atoms with van der Waals surface area (Å²) in [5.74, 6) is 5.45. The second-order valence-electron chi connectivity index (χ2n) is 5.01. The van der Waals surface area contributed by atoms with Gasteiger partial charge < -0.3 is 9.47 Å². The highest BCUT2D eigenvalue weighted by Gasteiger charge is 2.34. The Morgan fingerprint density at radius 1 is 1.50 bits per heavy atom. The van der Waals surface area contributed by atoms with Crippen molar-refractivity contribution in [2.75, 3.05) is 13.2 Å². The lowest BCUT2D eigenvalue weighted by atomic mass is 10.0. The molecule has 94 valence electrons. The van der Waals surface area contributed by atoms with E-state index in [4.69, 9.17) is 15.3 Å². The van der Waals surface area contributed by atoms with Gasteiger partial charge in [0.1, 0.15) is 11.3 Å². The number of carbonyl (C=O) groups excluding carboxylic acids is 1. The third-order valence-corrected chi connectivity index (χ3v) is 2.26. The van der Waals surface area contributed by atoms with E-state index in [9.17, 15) is 4.79 Å². The number of ether oxygens (including phenoxy) is 2. The second kappa shape index (κ2) is 4.99. The van der Waals surface area contributed by atoms with Gasteiger partial charge in [-0.3, -0.25) is 11.2 Å². The molecule has 0 aromatic carbocycles. The van der Waals surface area contributed by atoms with Crippen LogP contribution in [0.15, 0.2) is 0 Å². The van der Waals surface area contributed by atoms with Crippen molar-refractivity contribution in [2.24, 2.45) is 5.84 Å². The zero-order chi connectivity index (χ0) is 12.2. The molecule has 0 aromatic heterocycles. The summed E-state index contributed by atoms with van der Waals surface area (Å²) in [4.78, 5) is 11.6. The number of nitrogens with two attached hydrogens (primary N) is 1. The highest BCUT2D eigenvalue weighted by atomic mass is 16.6. The van der Waals surface area contributed by atoms with Gasteiger partial charge in [0.05, 0.1) is 6.61 Å². The first-order valence-corrected chi connectivity index (χ1v) is 5.44. The minimum Gasteiger partial charge on any atom is -0.444 e. The van der Waals surface area contributed by atoms with E-state index >= 15 is 0 Å². The predicted octanol–water partition coefficient (Wildman–Crippen LogP) is 0.481. The molecular formula is C10H21N3O3. The lowest BCUT2D eigenvalue weighted by Crippen LogP contribution is -2.65. The van der Waals surface area contributed by atoms with Gasteiger partial charge in [-0.25, -0.2) is 10.2 Å². The Morgan fingerprint density at radius 3 is 2.62 bits per heavy atom. The average Bonchev–Trinajstić information content (AvgIpc) is 2.16. The maximum Gasteiger partial charge on any atom is 0.409 e. The van der Waals surface area contributed by atoms with Crippen LogP contribution in [0.2, 0.25) is 0 Å². The maximum absolute atomic E-state index is 11.6. The first-order valence-electron chi connectivity index (χ1n) is 5.44. The highest BCUT2D eigenvalue weighted by molar-refractivity contribution is 5.68. The predicted molar refractivity (Wildman–Crippen MR) is 59.5 cm³/mol. The molecule has 1 aliphatic rings. The van der Waals surface area contributed by atoms with Crippen molar-refractivity contribution < 1.29 is 14.3 Å². The summed E-state index contributed by atoms with van der Waals surface area (Å²) in [6.07, 6.45) is 1.08. The molecule has 1 rings (SSSR count). The van der Waals surface area contributed by atoms with Crippen LogP contribution in [0.25, 0.3) is 0 Å². The molecule has 0 saturated carbocycles. The van der Waals surface area contributed by atoms with Gasteiger partial charge in [0.2, 0.25) is 0 Å². The van der Waals surface area contributed by atoms with Crippen molar-refractivity contribution in [1.82, 2.24) is 10.7 Å². The number of amides is 1. The van der Waals surface area contributed by atoms with Crippen molar-refractivity contribution in [2.45, 2.75) is 44.9 Å². The van der Waals surface area contributed by atoms with Crippen LogP contribution >= 0.6 is 0 Å². The lowest BCUT2D eigenvalue weighted by molar-refractivity contribution is -0.00888. The summed E-state index contributed by atoms with van der Waals surface area (Å²) in [5.41, 5.74) is 1.37. The van der Waals surface area contributed by atoms with Crippen molar-refractivity contribution in [3.63, 3.8) is 0 Å². The number of hydrazine groups is 1. The van der Waals surface area contributed by atoms with Gasteiger partial charge in [-0.2, -0.15) is 0 Å². The van der Waals surface area contributed by atoms with Crippen LogP contribution in [-0.2, 0) is 9.47 Å². The third kappa shape index (κ3) is 3.96. The molecule has 1 amide bonds. The number of hydrogen-bond acceptors (Lipinski definition) is 5. The summed E-state index contributed by atoms with van der Waals surface area (Å²) in [7, 11) is 0. The first kappa shape index (κ1) is 13.2. The molecule has 0 spiro atoms. The molecule has 0 aliphatic carbocycles. The molecule has 0 bridgehead atoms. The van der Waals surface area contributed by atoms with E-state index in [0.29, 0.717) is 13.2 Å². The highest BCUT2D eigenvalue weighted by Crippen LogP contribution is 2.16. The molecule has 16 heavy (non-hydrogen) atoms. The van der Waals surface area contributed by atoms with Gasteiger partial charge in [-0.05, 0) is 33.6 Å². The largest absolute Gasteiger partial charge is 0.444 e. The standard InChI is InChI=1S/C10H21N3O3/c1-9(2,3)16-8(14)12-10(13-11)5-4-6-15-7-10/h13H,4-7,11H2,1-3H3,(H,12,14). The molecule has 0 aromatic rings. The summed E-state index contributed by atoms with van der Waals surface area (Å²) in [6, 6.07) is 0. The molecule has 6 heteroatoms. The molecule has 1 aliphatic heterocycles. The number of carbonyl (C=O) groups is 1. The first-order chi connectivity index (χ1) is 7.37. The van der Waals surface area contributed by atoms with Crippen LogP contribution in [0.1, 0.15) is 33.6 Å². The van der Waals surface area contributed by atoms with E-state index in [-0.39, 0.29) is 0 Å². The number of rotatable bonds is 2. The van der Waals surface area contributed by atoms with Crippen molar-refractivity contribution in [1.29, 1.82) is 0 Å². The van der Waals surface area contributed by atoms with Gasteiger partial charge in [-0.15, -0.1) is 0 Å². The fourth-order valence-electron chi connectivity index (χ4n) is 1.54. The molecule has 6 nitrogen and oxygen atoms in total. The fraction of sp³-hybridized carbons (Fsp3) is 0.900. The van der Waals surface area contributed by atoms with Crippen LogP contribution in [0.4, 0.5) is 4.79 Å². The number of hydrogen-bond donors (Lipinski definition) is 3. The van der Waals surface area contributed by atoms with E-state index in [2.05, 4.69) is 10.7 Å². The summed E-state index contributed by atoms with van der Waals surface area (Å²) in [6.45, 7) is 6.48. The van der Waals surface area contributed by atoms with Crippen molar-refractivity contribution in [3.8, 4) is 0 Å². The van der Waals surface area contributed by atoms with Gasteiger partial charge in [0.25, 0.3) is 0 Å². The minimum absolute atomic E-state index is 0.350. The zero-order valence-corrected chi connectivity index (χ0v) is 10.1. The average molecular weight is 231 g/mol. The number of alkyl carbamates (subject to hydrolysis) is 1. The summed E-state index contributed by atoms with van der Waals surface area (Å²) >= 11 is 0. The molecule has 1 atom stereocenters. The fourth-order valence-corrected chi connectivity index (χ4v) is 1.54. The van der Waals surface area contributed by atoms with Crippen LogP contribution in [0.5, 0.6) is 0 Å². The monoisotopic (exact) mass is 231 g/mol. The lowest BCUT2D eigenvalue weighted by Gasteiger charge is -2.37. The summed E-state index contributed by atoms with van der Waals surface area (Å²) < 4.78 is 10.5. The topological polar surface area (TPSA) is 85.6 Å². The normalized spacial score (nSPS) is 26.2. The van der Waals surface area contributed by atoms with Crippen LogP contribution in [-0.4, -0.2) is 30.6 Å². The quantitative estimate of drug-likeness (QED) is 0.365. The Morgan fingerprint density at radius 2 is 2.19 bits per heavy atom. The Balaban J connectivity index is 2.52. The Bertz CT molecular complexity index is 244. The van der Waals surface area contributed by atoms with Crippen LogP contribution < -0.4 is 16.6 Å². The second-order valence-corrected chi connectivity index (χ2v) is 5.01. The van der Waals surface area contributed by atoms with E-state index in [1.807, 2.05) is 20.8 Å². The Hall–Kier alpha value is -0.850. The molecule has 0 radical (unpaired) electrons. The minimum atomic E-state index is -0.708. The maximum atomic E-state index is 11.6. The van der Waals surface area contributed by atoms with Gasteiger partial charge in [0.15, 0.2) is 0 Å². The number of nitrogens with one attached hydrogen (secondary N) is 2. The van der Waals surface area contributed by atoms with Crippen LogP contribution in [0.3, 0.4) is 0 Å². The summed E-state index contributed by atoms with van der Waals surface area (Å²) in [5, 5.41) is 2.72. The molecule has 4 N–H and O–H groups in total. The molecule has 1 heterocycles. The molecule has 1 fully saturated rings. The van der Waals surface area contributed by atoms with E-state index in [1.165, 1.54) is 0 Å². The van der Waals surface area contributed by atoms with E-state index in [1.54, 1.807) is 0 Å². The zero-order valence-electron chi connectivity index (χ0n) is 10.1. The molecule has 1 saturated heterocycles. The Labute approximate surface area is 95.8 Å². The van der Waals surface area contributed by atoms with Crippen molar-refractivity contribution in [3.05, 3.63) is 0 Å².